The van der Waals surface area contributed by atoms with E-state index in [4.69, 9.17) is 28.3 Å². The predicted octanol–water partition coefficient (Wildman–Crippen LogP) is 1.65. The van der Waals surface area contributed by atoms with E-state index >= 15 is 0 Å². The van der Waals surface area contributed by atoms with Gasteiger partial charge >= 0.3 is 0 Å². The molecule has 9 heavy (non-hydrogen) atoms. The summed E-state index contributed by atoms with van der Waals surface area (Å²) in [6.45, 7) is 0. The fourth-order valence-electron chi connectivity index (χ4n) is 0.580. The second-order valence-electron chi connectivity index (χ2n) is 1.86. The van der Waals surface area contributed by atoms with Crippen molar-refractivity contribution in [3.8, 4) is 0 Å². The molecule has 1 aliphatic carbocycles. The molecule has 1 rings (SSSR count). The summed E-state index contributed by atoms with van der Waals surface area (Å²) >= 11 is 11.2. The van der Waals surface area contributed by atoms with Gasteiger partial charge in [0, 0.05) is 0 Å². The molecule has 0 aromatic carbocycles. The molecule has 0 aromatic heterocycles. The summed E-state index contributed by atoms with van der Waals surface area (Å²) in [5, 5.41) is 9.04. The number of rotatable bonds is 0. The Kier molecular flexibility index (Phi) is 1.85. The lowest BCUT2D eigenvalue weighted by molar-refractivity contribution is 0.217. The zero-order chi connectivity index (χ0) is 6.91. The van der Waals surface area contributed by atoms with Gasteiger partial charge in [0.2, 0.25) is 0 Å². The van der Waals surface area contributed by atoms with E-state index in [-0.39, 0.29) is 0 Å². The largest absolute Gasteiger partial charge is 0.386 e. The van der Waals surface area contributed by atoms with E-state index < -0.39 is 10.4 Å². The van der Waals surface area contributed by atoms with Gasteiger partial charge in [-0.25, -0.2) is 0 Å². The van der Waals surface area contributed by atoms with E-state index in [0.29, 0.717) is 0 Å². The Balaban J connectivity index is 2.78. The first-order valence-electron chi connectivity index (χ1n) is 2.55. The fourth-order valence-corrected chi connectivity index (χ4v) is 0.871. The van der Waals surface area contributed by atoms with Crippen LogP contribution in [0, 0.1) is 0 Å². The highest BCUT2D eigenvalue weighted by Gasteiger charge is 2.29. The monoisotopic (exact) mass is 164 g/mol. The molecule has 1 N–H and O–H groups in total. The van der Waals surface area contributed by atoms with Crippen molar-refractivity contribution in [2.24, 2.45) is 0 Å². The lowest BCUT2D eigenvalue weighted by atomic mass is 10.1. The molecule has 0 aromatic rings. The molecule has 0 radical (unpaired) electrons. The molecule has 0 amide bonds. The van der Waals surface area contributed by atoms with Gasteiger partial charge in [0.15, 0.2) is 4.33 Å². The van der Waals surface area contributed by atoms with Crippen LogP contribution in [0.4, 0.5) is 0 Å². The molecule has 50 valence electrons. The van der Waals surface area contributed by atoms with Crippen molar-refractivity contribution >= 4 is 23.2 Å². The number of halogens is 2. The molecule has 1 atom stereocenters. The van der Waals surface area contributed by atoms with Crippen molar-refractivity contribution in [2.75, 3.05) is 0 Å². The molecular weight excluding hydrogens is 159 g/mol. The van der Waals surface area contributed by atoms with E-state index in [1.54, 1.807) is 24.3 Å². The van der Waals surface area contributed by atoms with E-state index in [1.165, 1.54) is 0 Å². The molecule has 3 heteroatoms. The maximum atomic E-state index is 9.04. The molecule has 0 heterocycles. The van der Waals surface area contributed by atoms with Gasteiger partial charge in [-0.3, -0.25) is 0 Å². The normalized spacial score (nSPS) is 30.8. The van der Waals surface area contributed by atoms with Crippen LogP contribution in [0.5, 0.6) is 0 Å². The topological polar surface area (TPSA) is 20.2 Å². The van der Waals surface area contributed by atoms with Crippen LogP contribution >= 0.6 is 23.2 Å². The smallest absolute Gasteiger partial charge is 0.165 e. The number of alkyl halides is 2. The van der Waals surface area contributed by atoms with Crippen LogP contribution in [-0.2, 0) is 0 Å². The van der Waals surface area contributed by atoms with E-state index in [2.05, 4.69) is 0 Å². The Morgan fingerprint density at radius 2 is 2.00 bits per heavy atom. The van der Waals surface area contributed by atoms with Crippen molar-refractivity contribution in [3.05, 3.63) is 24.3 Å². The van der Waals surface area contributed by atoms with Gasteiger partial charge in [0.1, 0.15) is 6.10 Å². The zero-order valence-corrected chi connectivity index (χ0v) is 6.10. The van der Waals surface area contributed by atoms with Crippen molar-refractivity contribution in [1.82, 2.24) is 0 Å². The van der Waals surface area contributed by atoms with E-state index in [0.717, 1.165) is 0 Å². The van der Waals surface area contributed by atoms with Gasteiger partial charge in [-0.05, 0) is 6.08 Å². The molecule has 0 bridgehead atoms. The van der Waals surface area contributed by atoms with Gasteiger partial charge in [-0.2, -0.15) is 0 Å². The van der Waals surface area contributed by atoms with Crippen molar-refractivity contribution in [3.63, 3.8) is 0 Å². The summed E-state index contributed by atoms with van der Waals surface area (Å²) in [7, 11) is 0. The summed E-state index contributed by atoms with van der Waals surface area (Å²) in [6, 6.07) is 0. The van der Waals surface area contributed by atoms with Crippen LogP contribution in [0.25, 0.3) is 0 Å². The van der Waals surface area contributed by atoms with Crippen LogP contribution in [0.2, 0.25) is 0 Å². The maximum Gasteiger partial charge on any atom is 0.165 e. The summed E-state index contributed by atoms with van der Waals surface area (Å²) in [5.41, 5.74) is 0. The summed E-state index contributed by atoms with van der Waals surface area (Å²) < 4.78 is -1.13. The quantitative estimate of drug-likeness (QED) is 0.541. The van der Waals surface area contributed by atoms with Gasteiger partial charge in [-0.1, -0.05) is 41.4 Å². The average Bonchev–Trinajstić information content (AvgIpc) is 1.77. The second kappa shape index (κ2) is 2.33. The number of aliphatic hydroxyl groups excluding tert-OH is 1. The van der Waals surface area contributed by atoms with Crippen LogP contribution < -0.4 is 0 Å². The maximum absolute atomic E-state index is 9.04. The van der Waals surface area contributed by atoms with Crippen LogP contribution in [0.3, 0.4) is 0 Å². The standard InChI is InChI=1S/C6H6Cl2O/c7-6(8)4-2-1-3-5(6)9/h1-5,9H. The van der Waals surface area contributed by atoms with E-state index in [9.17, 15) is 0 Å². The number of aliphatic hydroxyl groups is 1. The van der Waals surface area contributed by atoms with Gasteiger partial charge in [0.05, 0.1) is 0 Å². The first kappa shape index (κ1) is 7.13. The average molecular weight is 165 g/mol. The van der Waals surface area contributed by atoms with Crippen molar-refractivity contribution in [1.29, 1.82) is 0 Å². The van der Waals surface area contributed by atoms with E-state index in [1.807, 2.05) is 0 Å². The minimum Gasteiger partial charge on any atom is -0.386 e. The fraction of sp³-hybridized carbons (Fsp3) is 0.333. The molecule has 0 saturated carbocycles. The lowest BCUT2D eigenvalue weighted by Crippen LogP contribution is -2.28. The lowest BCUT2D eigenvalue weighted by Gasteiger charge is -2.20. The molecule has 0 spiro atoms. The van der Waals surface area contributed by atoms with Gasteiger partial charge in [0.25, 0.3) is 0 Å². The highest BCUT2D eigenvalue weighted by atomic mass is 35.5. The Labute approximate surface area is 63.6 Å². The second-order valence-corrected chi connectivity index (χ2v) is 3.31. The first-order chi connectivity index (χ1) is 4.13. The van der Waals surface area contributed by atoms with Crippen molar-refractivity contribution < 1.29 is 5.11 Å². The molecule has 0 fully saturated rings. The Morgan fingerprint density at radius 1 is 1.33 bits per heavy atom. The predicted molar refractivity (Wildman–Crippen MR) is 38.7 cm³/mol. The number of hydrogen-bond acceptors (Lipinski definition) is 1. The molecule has 1 nitrogen and oxygen atoms in total. The van der Waals surface area contributed by atoms with Crippen LogP contribution in [-0.4, -0.2) is 15.5 Å². The molecule has 0 saturated heterocycles. The first-order valence-corrected chi connectivity index (χ1v) is 3.30. The highest BCUT2D eigenvalue weighted by molar-refractivity contribution is 6.50. The Morgan fingerprint density at radius 3 is 2.33 bits per heavy atom. The molecule has 0 aliphatic heterocycles. The molecule has 1 unspecified atom stereocenters. The Bertz CT molecular complexity index is 160. The van der Waals surface area contributed by atoms with Gasteiger partial charge in [-0.15, -0.1) is 0 Å². The SMILES string of the molecule is OC1C=CC=CC1(Cl)Cl. The zero-order valence-electron chi connectivity index (χ0n) is 4.59. The highest BCUT2D eigenvalue weighted by Crippen LogP contribution is 2.29. The number of hydrogen-bond donors (Lipinski definition) is 1. The van der Waals surface area contributed by atoms with Crippen LogP contribution in [0.1, 0.15) is 0 Å². The third-order valence-electron chi connectivity index (χ3n) is 1.12. The summed E-state index contributed by atoms with van der Waals surface area (Å²) in [5.74, 6) is 0. The van der Waals surface area contributed by atoms with Crippen LogP contribution in [0.15, 0.2) is 24.3 Å². The third-order valence-corrected chi connectivity index (χ3v) is 1.82. The minimum atomic E-state index is -1.13. The van der Waals surface area contributed by atoms with Crippen molar-refractivity contribution in [2.45, 2.75) is 10.4 Å². The van der Waals surface area contributed by atoms with Gasteiger partial charge < -0.3 is 5.11 Å². The summed E-state index contributed by atoms with van der Waals surface area (Å²) in [6.07, 6.45) is 5.70. The Hall–Kier alpha value is 0.0200. The molecule has 1 aliphatic rings. The minimum absolute atomic E-state index is 0.786. The molecular formula is C6H6Cl2O. The third kappa shape index (κ3) is 1.48. The summed E-state index contributed by atoms with van der Waals surface area (Å²) in [4.78, 5) is 0. The number of allylic oxidation sites excluding steroid dienone is 2.